The summed E-state index contributed by atoms with van der Waals surface area (Å²) in [4.78, 5) is 23.0. The third-order valence-electron chi connectivity index (χ3n) is 5.34. The van der Waals surface area contributed by atoms with Crippen molar-refractivity contribution in [3.63, 3.8) is 0 Å². The number of nitrogens with one attached hydrogen (secondary N) is 2. The second-order valence-corrected chi connectivity index (χ2v) is 7.90. The van der Waals surface area contributed by atoms with Gasteiger partial charge in [-0.3, -0.25) is 4.79 Å². The topological polar surface area (TPSA) is 113 Å². The van der Waals surface area contributed by atoms with Gasteiger partial charge in [-0.05, 0) is 37.3 Å². The van der Waals surface area contributed by atoms with Crippen molar-refractivity contribution < 1.29 is 4.79 Å². The Morgan fingerprint density at radius 2 is 2.17 bits per heavy atom. The van der Waals surface area contributed by atoms with E-state index in [9.17, 15) is 4.79 Å². The van der Waals surface area contributed by atoms with Crippen molar-refractivity contribution in [2.75, 3.05) is 11.1 Å². The lowest BCUT2D eigenvalue weighted by atomic mass is 10.1. The third-order valence-corrected chi connectivity index (χ3v) is 5.65. The quantitative estimate of drug-likeness (QED) is 0.543. The van der Waals surface area contributed by atoms with E-state index in [0.717, 1.165) is 23.9 Å². The van der Waals surface area contributed by atoms with Crippen LogP contribution in [0, 0.1) is 0 Å². The van der Waals surface area contributed by atoms with Gasteiger partial charge in [0.2, 0.25) is 0 Å². The fraction of sp³-hybridized carbons (Fsp3) is 0.250. The van der Waals surface area contributed by atoms with E-state index in [1.807, 2.05) is 29.7 Å². The molecule has 1 atom stereocenters. The summed E-state index contributed by atoms with van der Waals surface area (Å²) in [5, 5.41) is 9.39. The number of hydrogen-bond donors (Lipinski definition) is 3. The summed E-state index contributed by atoms with van der Waals surface area (Å²) in [5.41, 5.74) is 10.4. The molecule has 3 aromatic rings. The van der Waals surface area contributed by atoms with Crippen LogP contribution >= 0.6 is 11.6 Å². The minimum Gasteiger partial charge on any atom is -0.383 e. The smallest absolute Gasteiger partial charge is 0.271 e. The van der Waals surface area contributed by atoms with E-state index >= 15 is 0 Å². The Kier molecular flexibility index (Phi) is 4.21. The van der Waals surface area contributed by atoms with E-state index < -0.39 is 0 Å². The molecule has 0 radical (unpaired) electrons. The lowest BCUT2D eigenvalue weighted by molar-refractivity contribution is -0.594. The standard InChI is InChI=1S/C20H20ClN8O/c1-10(25-18-16(17(22)23-9-24-18)19-26-28(2)27-19)14-8-11-4-3-5-13(21)15(11)20(30)29(14)12-6-7-12/h3-5,8-10,12H,2,6-7H2,1H3,(H,26,27)(H3,22,23,24,25)/q+1. The minimum absolute atomic E-state index is 0.0654. The summed E-state index contributed by atoms with van der Waals surface area (Å²) in [7, 11) is 0. The Morgan fingerprint density at radius 3 is 2.87 bits per heavy atom. The first-order chi connectivity index (χ1) is 14.4. The number of hydrazone groups is 2. The van der Waals surface area contributed by atoms with Gasteiger partial charge in [-0.15, -0.1) is 5.43 Å². The highest BCUT2D eigenvalue weighted by molar-refractivity contribution is 6.35. The molecule has 152 valence electrons. The summed E-state index contributed by atoms with van der Waals surface area (Å²) in [6.45, 7) is 5.64. The predicted molar refractivity (Wildman–Crippen MR) is 117 cm³/mol. The van der Waals surface area contributed by atoms with Crippen LogP contribution in [0.3, 0.4) is 0 Å². The van der Waals surface area contributed by atoms with E-state index in [4.69, 9.17) is 17.3 Å². The highest BCUT2D eigenvalue weighted by Gasteiger charge is 2.32. The number of anilines is 2. The average molecular weight is 424 g/mol. The van der Waals surface area contributed by atoms with E-state index in [0.29, 0.717) is 33.4 Å². The first-order valence-electron chi connectivity index (χ1n) is 9.61. The van der Waals surface area contributed by atoms with Gasteiger partial charge in [0.15, 0.2) is 6.72 Å². The Labute approximate surface area is 176 Å². The molecule has 4 N–H and O–H groups in total. The zero-order valence-electron chi connectivity index (χ0n) is 16.3. The number of rotatable bonds is 5. The summed E-state index contributed by atoms with van der Waals surface area (Å²) in [6.07, 6.45) is 3.34. The lowest BCUT2D eigenvalue weighted by Gasteiger charge is -2.23. The molecule has 1 aromatic carbocycles. The van der Waals surface area contributed by atoms with Crippen molar-refractivity contribution in [2.45, 2.75) is 31.8 Å². The molecular weight excluding hydrogens is 404 g/mol. The Balaban J connectivity index is 1.60. The zero-order valence-corrected chi connectivity index (χ0v) is 17.0. The molecular formula is C20H20ClN8O+. The molecule has 0 saturated heterocycles. The number of hydrogen-bond acceptors (Lipinski definition) is 7. The number of pyridine rings is 1. The van der Waals surface area contributed by atoms with Crippen molar-refractivity contribution in [2.24, 2.45) is 5.10 Å². The molecule has 0 bridgehead atoms. The molecule has 0 amide bonds. The maximum Gasteiger partial charge on any atom is 0.271 e. The molecule has 9 nitrogen and oxygen atoms in total. The second kappa shape index (κ2) is 6.81. The van der Waals surface area contributed by atoms with E-state index in [2.05, 4.69) is 32.5 Å². The number of benzene rings is 1. The van der Waals surface area contributed by atoms with Gasteiger partial charge >= 0.3 is 0 Å². The number of aromatic nitrogens is 3. The van der Waals surface area contributed by atoms with Crippen LogP contribution in [0.15, 0.2) is 40.5 Å². The number of halogens is 1. The van der Waals surface area contributed by atoms with Crippen molar-refractivity contribution in [1.29, 1.82) is 0 Å². The fourth-order valence-corrected chi connectivity index (χ4v) is 4.03. The van der Waals surface area contributed by atoms with Crippen molar-refractivity contribution >= 4 is 46.6 Å². The van der Waals surface area contributed by atoms with Crippen LogP contribution in [0.4, 0.5) is 11.6 Å². The number of nitrogens with zero attached hydrogens (tertiary/aromatic N) is 5. The molecule has 30 heavy (non-hydrogen) atoms. The fourth-order valence-electron chi connectivity index (χ4n) is 3.77. The van der Waals surface area contributed by atoms with E-state index in [-0.39, 0.29) is 17.6 Å². The van der Waals surface area contributed by atoms with Crippen LogP contribution in [0.25, 0.3) is 10.8 Å². The number of hydrazine groups is 1. The minimum atomic E-state index is -0.230. The normalized spacial score (nSPS) is 16.6. The van der Waals surface area contributed by atoms with Gasteiger partial charge in [-0.25, -0.2) is 9.97 Å². The first kappa shape index (κ1) is 18.6. The Morgan fingerprint density at radius 1 is 1.40 bits per heavy atom. The molecule has 2 aliphatic rings. The molecule has 2 aromatic heterocycles. The van der Waals surface area contributed by atoms with Crippen LogP contribution in [0.2, 0.25) is 5.02 Å². The molecule has 1 aliphatic heterocycles. The monoisotopic (exact) mass is 423 g/mol. The maximum absolute atomic E-state index is 13.3. The van der Waals surface area contributed by atoms with Gasteiger partial charge in [0, 0.05) is 16.5 Å². The van der Waals surface area contributed by atoms with Crippen LogP contribution in [-0.2, 0) is 0 Å². The molecule has 1 aliphatic carbocycles. The highest BCUT2D eigenvalue weighted by atomic mass is 35.5. The Bertz CT molecular complexity index is 1290. The molecule has 1 unspecified atom stereocenters. The summed E-state index contributed by atoms with van der Waals surface area (Å²) in [5.74, 6) is 1.35. The second-order valence-electron chi connectivity index (χ2n) is 7.49. The number of fused-ring (bicyclic) bond motifs is 1. The SMILES string of the molecule is C=[N+]1N=C(c2c(N)ncnc2NC(C)c2cc3cccc(Cl)c3c(=O)n2C2CC2)N1. The molecule has 1 saturated carbocycles. The van der Waals surface area contributed by atoms with Gasteiger partial charge in [0.1, 0.15) is 23.5 Å². The number of amidine groups is 1. The van der Waals surface area contributed by atoms with Crippen LogP contribution in [0.5, 0.6) is 0 Å². The van der Waals surface area contributed by atoms with Gasteiger partial charge < -0.3 is 15.6 Å². The summed E-state index contributed by atoms with van der Waals surface area (Å²) < 4.78 is 1.85. The van der Waals surface area contributed by atoms with Crippen molar-refractivity contribution in [3.05, 3.63) is 57.2 Å². The van der Waals surface area contributed by atoms with E-state index in [1.165, 1.54) is 11.1 Å². The van der Waals surface area contributed by atoms with Gasteiger partial charge in [0.25, 0.3) is 11.4 Å². The van der Waals surface area contributed by atoms with Gasteiger partial charge in [-0.1, -0.05) is 23.7 Å². The number of nitrogens with two attached hydrogens (primary N) is 1. The highest BCUT2D eigenvalue weighted by Crippen LogP contribution is 2.38. The van der Waals surface area contributed by atoms with Crippen LogP contribution in [0.1, 0.15) is 43.1 Å². The molecule has 1 fully saturated rings. The zero-order chi connectivity index (χ0) is 21.0. The third kappa shape index (κ3) is 2.98. The predicted octanol–water partition coefficient (Wildman–Crippen LogP) is 2.43. The summed E-state index contributed by atoms with van der Waals surface area (Å²) in [6, 6.07) is 7.47. The van der Waals surface area contributed by atoms with Crippen LogP contribution < -0.4 is 22.0 Å². The maximum atomic E-state index is 13.3. The molecule has 0 spiro atoms. The van der Waals surface area contributed by atoms with Crippen LogP contribution in [-0.4, -0.2) is 31.9 Å². The van der Waals surface area contributed by atoms with Gasteiger partial charge in [0.05, 0.1) is 21.6 Å². The lowest BCUT2D eigenvalue weighted by Crippen LogP contribution is -2.43. The molecule has 10 heteroatoms. The number of nitrogen functional groups attached to an aromatic ring is 1. The summed E-state index contributed by atoms with van der Waals surface area (Å²) >= 11 is 6.34. The largest absolute Gasteiger partial charge is 0.383 e. The van der Waals surface area contributed by atoms with Crippen molar-refractivity contribution in [1.82, 2.24) is 20.0 Å². The van der Waals surface area contributed by atoms with Gasteiger partial charge in [-0.2, -0.15) is 0 Å². The van der Waals surface area contributed by atoms with E-state index in [1.54, 1.807) is 6.07 Å². The molecule has 5 rings (SSSR count). The van der Waals surface area contributed by atoms with Crippen molar-refractivity contribution in [3.8, 4) is 0 Å². The molecule has 3 heterocycles. The average Bonchev–Trinajstić information content (AvgIpc) is 3.51. The first-order valence-corrected chi connectivity index (χ1v) is 9.98. The Hall–Kier alpha value is -3.46.